The molecule has 0 fully saturated rings. The van der Waals surface area contributed by atoms with Gasteiger partial charge in [-0.15, -0.1) is 0 Å². The zero-order chi connectivity index (χ0) is 30.5. The quantitative estimate of drug-likeness (QED) is 0.189. The molecule has 5 heterocycles. The number of nitrogens with zero attached hydrogens (tertiary/aromatic N) is 8. The van der Waals surface area contributed by atoms with Gasteiger partial charge in [-0.25, -0.2) is 9.97 Å². The summed E-state index contributed by atoms with van der Waals surface area (Å²) in [5.74, 6) is 0. The summed E-state index contributed by atoms with van der Waals surface area (Å²) in [6.45, 7) is 0. The number of benzene rings is 3. The third kappa shape index (κ3) is 4.08. The predicted molar refractivity (Wildman–Crippen MR) is 182 cm³/mol. The molecule has 0 amide bonds. The van der Waals surface area contributed by atoms with Crippen molar-refractivity contribution < 1.29 is 0 Å². The summed E-state index contributed by atoms with van der Waals surface area (Å²) in [4.78, 5) is 32.5. The van der Waals surface area contributed by atoms with Crippen molar-refractivity contribution in [1.82, 2.24) is 29.9 Å². The van der Waals surface area contributed by atoms with E-state index >= 15 is 0 Å². The van der Waals surface area contributed by atoms with E-state index in [1.54, 1.807) is 49.6 Å². The van der Waals surface area contributed by atoms with Gasteiger partial charge in [0, 0.05) is 88.8 Å². The maximum atomic E-state index is 5.51. The maximum absolute atomic E-state index is 5.51. The molecule has 0 saturated carbocycles. The second-order valence-electron chi connectivity index (χ2n) is 10.9. The first-order valence-electron chi connectivity index (χ1n) is 14.9. The molecule has 0 radical (unpaired) electrons. The minimum atomic E-state index is 0.766. The second kappa shape index (κ2) is 10.6. The zero-order valence-electron chi connectivity index (χ0n) is 24.4. The number of anilines is 6. The van der Waals surface area contributed by atoms with Crippen molar-refractivity contribution in [2.24, 2.45) is 0 Å². The summed E-state index contributed by atoms with van der Waals surface area (Å²) < 4.78 is 0. The van der Waals surface area contributed by atoms with Crippen molar-refractivity contribution in [2.45, 2.75) is 0 Å². The summed E-state index contributed by atoms with van der Waals surface area (Å²) in [6, 6.07) is 33.0. The molecule has 8 aromatic rings. The van der Waals surface area contributed by atoms with E-state index in [0.29, 0.717) is 0 Å². The Morgan fingerprint density at radius 1 is 0.370 bits per heavy atom. The van der Waals surface area contributed by atoms with Gasteiger partial charge in [0.2, 0.25) is 0 Å². The fourth-order valence-corrected chi connectivity index (χ4v) is 6.41. The number of pyridine rings is 4. The molecule has 1 aliphatic carbocycles. The average Bonchev–Trinajstić information content (AvgIpc) is 3.44. The van der Waals surface area contributed by atoms with Crippen LogP contribution in [0.3, 0.4) is 0 Å². The summed E-state index contributed by atoms with van der Waals surface area (Å²) in [7, 11) is 0. The van der Waals surface area contributed by atoms with Gasteiger partial charge >= 0.3 is 0 Å². The monoisotopic (exact) mass is 592 g/mol. The minimum Gasteiger partial charge on any atom is -0.308 e. The molecule has 0 atom stereocenters. The van der Waals surface area contributed by atoms with Crippen molar-refractivity contribution in [3.05, 3.63) is 147 Å². The Labute approximate surface area is 264 Å². The summed E-state index contributed by atoms with van der Waals surface area (Å²) in [5, 5.41) is 2.35. The summed E-state index contributed by atoms with van der Waals surface area (Å²) >= 11 is 0. The lowest BCUT2D eigenvalue weighted by atomic mass is 10.0. The molecule has 0 bridgehead atoms. The molecule has 0 saturated heterocycles. The fourth-order valence-electron chi connectivity index (χ4n) is 6.41. The first-order chi connectivity index (χ1) is 22.8. The van der Waals surface area contributed by atoms with Crippen LogP contribution in [0.4, 0.5) is 34.1 Å². The van der Waals surface area contributed by atoms with Gasteiger partial charge in [0.25, 0.3) is 0 Å². The third-order valence-electron chi connectivity index (χ3n) is 8.36. The number of fused-ring (bicyclic) bond motifs is 4. The third-order valence-corrected chi connectivity index (χ3v) is 8.36. The van der Waals surface area contributed by atoms with Gasteiger partial charge in [-0.2, -0.15) is 0 Å². The van der Waals surface area contributed by atoms with E-state index in [1.807, 2.05) is 48.5 Å². The Hall–Kier alpha value is -6.54. The summed E-state index contributed by atoms with van der Waals surface area (Å²) in [6.07, 6.45) is 14.4. The van der Waals surface area contributed by atoms with Crippen molar-refractivity contribution >= 4 is 55.9 Å². The standard InChI is InChI=1S/C38H24N8/c1-3-25-4-2-6-31-34(25)30(5-1)35-36(31)44-38-33(46(28-13-21-41-22-14-28)29-15-23-42-24-16-29)8-7-32(37(38)43-35)45(26-9-17-39-18-10-26)27-11-19-40-20-12-27/h1-24H. The predicted octanol–water partition coefficient (Wildman–Crippen LogP) is 8.95. The maximum Gasteiger partial charge on any atom is 0.116 e. The van der Waals surface area contributed by atoms with Gasteiger partial charge in [-0.05, 0) is 66.0 Å². The number of hydrogen-bond acceptors (Lipinski definition) is 8. The van der Waals surface area contributed by atoms with Crippen LogP contribution in [0.25, 0.3) is 44.3 Å². The van der Waals surface area contributed by atoms with Gasteiger partial charge in [-0.1, -0.05) is 36.4 Å². The van der Waals surface area contributed by atoms with E-state index in [0.717, 1.165) is 67.7 Å². The molecule has 8 heteroatoms. The van der Waals surface area contributed by atoms with Gasteiger partial charge < -0.3 is 9.80 Å². The lowest BCUT2D eigenvalue weighted by Crippen LogP contribution is -2.14. The molecule has 5 aromatic heterocycles. The van der Waals surface area contributed by atoms with Crippen molar-refractivity contribution in [3.63, 3.8) is 0 Å². The molecular weight excluding hydrogens is 568 g/mol. The zero-order valence-corrected chi connectivity index (χ0v) is 24.4. The second-order valence-corrected chi connectivity index (χ2v) is 10.9. The van der Waals surface area contributed by atoms with Crippen molar-refractivity contribution in [1.29, 1.82) is 0 Å². The average molecular weight is 593 g/mol. The normalized spacial score (nSPS) is 11.5. The Bertz CT molecular complexity index is 2120. The minimum absolute atomic E-state index is 0.766. The van der Waals surface area contributed by atoms with Crippen LogP contribution in [0.5, 0.6) is 0 Å². The topological polar surface area (TPSA) is 83.8 Å². The molecule has 9 rings (SSSR count). The molecule has 8 nitrogen and oxygen atoms in total. The van der Waals surface area contributed by atoms with Crippen LogP contribution in [0.1, 0.15) is 0 Å². The largest absolute Gasteiger partial charge is 0.308 e. The first kappa shape index (κ1) is 25.9. The molecule has 0 N–H and O–H groups in total. The fraction of sp³-hybridized carbons (Fsp3) is 0. The molecule has 3 aromatic carbocycles. The van der Waals surface area contributed by atoms with Crippen LogP contribution < -0.4 is 9.80 Å². The van der Waals surface area contributed by atoms with Crippen LogP contribution in [0, 0.1) is 0 Å². The van der Waals surface area contributed by atoms with E-state index in [2.05, 4.69) is 78.3 Å². The van der Waals surface area contributed by atoms with Gasteiger partial charge in [0.1, 0.15) is 11.0 Å². The smallest absolute Gasteiger partial charge is 0.116 e. The van der Waals surface area contributed by atoms with Gasteiger partial charge in [0.15, 0.2) is 0 Å². The Kier molecular flexibility index (Phi) is 5.95. The molecule has 1 aliphatic rings. The van der Waals surface area contributed by atoms with Gasteiger partial charge in [0.05, 0.1) is 22.8 Å². The molecule has 0 unspecified atom stereocenters. The highest BCUT2D eigenvalue weighted by Crippen LogP contribution is 2.49. The van der Waals surface area contributed by atoms with Crippen LogP contribution in [0.2, 0.25) is 0 Å². The molecule has 0 aliphatic heterocycles. The first-order valence-corrected chi connectivity index (χ1v) is 14.9. The van der Waals surface area contributed by atoms with Crippen molar-refractivity contribution in [2.75, 3.05) is 9.80 Å². The van der Waals surface area contributed by atoms with Crippen molar-refractivity contribution in [3.8, 4) is 22.5 Å². The number of hydrogen-bond donors (Lipinski definition) is 0. The number of aromatic nitrogens is 6. The molecule has 46 heavy (non-hydrogen) atoms. The van der Waals surface area contributed by atoms with Crippen LogP contribution >= 0.6 is 0 Å². The Morgan fingerprint density at radius 2 is 0.717 bits per heavy atom. The van der Waals surface area contributed by atoms with E-state index in [1.165, 1.54) is 10.8 Å². The lowest BCUT2D eigenvalue weighted by molar-refractivity contribution is 1.20. The molecular formula is C38H24N8. The highest BCUT2D eigenvalue weighted by molar-refractivity contribution is 6.15. The number of rotatable bonds is 6. The van der Waals surface area contributed by atoms with E-state index in [-0.39, 0.29) is 0 Å². The van der Waals surface area contributed by atoms with Crippen LogP contribution in [-0.2, 0) is 0 Å². The highest BCUT2D eigenvalue weighted by atomic mass is 15.2. The molecule has 0 spiro atoms. The molecule has 216 valence electrons. The van der Waals surface area contributed by atoms with E-state index in [4.69, 9.17) is 9.97 Å². The Morgan fingerprint density at radius 3 is 1.07 bits per heavy atom. The Balaban J connectivity index is 1.39. The van der Waals surface area contributed by atoms with E-state index in [9.17, 15) is 0 Å². The van der Waals surface area contributed by atoms with Gasteiger partial charge in [-0.3, -0.25) is 19.9 Å². The lowest BCUT2D eigenvalue weighted by Gasteiger charge is -2.29. The van der Waals surface area contributed by atoms with Crippen LogP contribution in [-0.4, -0.2) is 29.9 Å². The SMILES string of the molecule is c1cc2c3c(cccc3c1)-c1nc3c(N(c4ccncc4)c4ccncc4)ccc(N(c4ccncc4)c4ccncc4)c3nc1-2. The summed E-state index contributed by atoms with van der Waals surface area (Å²) in [5.41, 5.74) is 11.0. The van der Waals surface area contributed by atoms with Crippen LogP contribution in [0.15, 0.2) is 147 Å². The van der Waals surface area contributed by atoms with E-state index < -0.39 is 0 Å². The highest BCUT2D eigenvalue weighted by Gasteiger charge is 2.29.